The van der Waals surface area contributed by atoms with Gasteiger partial charge in [-0.1, -0.05) is 37.6 Å². The molecule has 0 fully saturated rings. The zero-order chi connectivity index (χ0) is 28.3. The molecule has 0 spiro atoms. The molecule has 0 amide bonds. The average Bonchev–Trinajstić information content (AvgIpc) is 2.87. The smallest absolute Gasteiger partial charge is 0.174 e. The third kappa shape index (κ3) is 6.21. The molecule has 0 unspecified atom stereocenters. The van der Waals surface area contributed by atoms with Gasteiger partial charge in [0.1, 0.15) is 12.4 Å². The highest BCUT2D eigenvalue weighted by atomic mass is 127. The molecule has 0 radical (unpaired) electrons. The molecule has 206 valence electrons. The maximum atomic E-state index is 13.7. The number of ketones is 1. The first kappa shape index (κ1) is 29.2. The summed E-state index contributed by atoms with van der Waals surface area (Å²) in [5, 5.41) is 11.0. The molecule has 1 aliphatic heterocycles. The van der Waals surface area contributed by atoms with Crippen LogP contribution in [0.2, 0.25) is 5.02 Å². The van der Waals surface area contributed by atoms with Crippen LogP contribution in [0.1, 0.15) is 50.7 Å². The lowest BCUT2D eigenvalue weighted by molar-refractivity contribution is -0.118. The van der Waals surface area contributed by atoms with Crippen LogP contribution in [-0.2, 0) is 16.1 Å². The monoisotopic (exact) mass is 661 g/mol. The van der Waals surface area contributed by atoms with E-state index in [9.17, 15) is 10.1 Å². The van der Waals surface area contributed by atoms with Crippen LogP contribution in [0.15, 0.2) is 59.1 Å². The van der Waals surface area contributed by atoms with Gasteiger partial charge in [-0.25, -0.2) is 0 Å². The molecule has 2 N–H and O–H groups in total. The standard InChI is InChI=1S/C30H33ClIN3O4/c1-5-38-25-13-19(12-22(32)28(25)39-17-18-6-8-20(31)9-7-18)26-21(16-33)29(34)35(10-11-37-4)23-14-30(2,3)15-24(36)27(23)26/h6-9,12-13,26H,5,10-11,14-15,17,34H2,1-4H3/t26-/m0/s1. The van der Waals surface area contributed by atoms with Gasteiger partial charge in [0.15, 0.2) is 17.3 Å². The number of hydrogen-bond acceptors (Lipinski definition) is 7. The minimum Gasteiger partial charge on any atom is -0.490 e. The molecule has 39 heavy (non-hydrogen) atoms. The molecule has 0 bridgehead atoms. The maximum Gasteiger partial charge on any atom is 0.174 e. The van der Waals surface area contributed by atoms with Crippen molar-refractivity contribution in [1.82, 2.24) is 4.90 Å². The number of methoxy groups -OCH3 is 1. The maximum absolute atomic E-state index is 13.7. The fraction of sp³-hybridized carbons (Fsp3) is 0.400. The van der Waals surface area contributed by atoms with E-state index in [-0.39, 0.29) is 11.2 Å². The van der Waals surface area contributed by atoms with Gasteiger partial charge < -0.3 is 24.8 Å². The third-order valence-electron chi connectivity index (χ3n) is 6.97. The van der Waals surface area contributed by atoms with E-state index in [4.69, 9.17) is 31.5 Å². The molecule has 1 atom stereocenters. The van der Waals surface area contributed by atoms with E-state index in [1.54, 1.807) is 7.11 Å². The van der Waals surface area contributed by atoms with Crippen molar-refractivity contribution in [2.24, 2.45) is 11.1 Å². The first-order chi connectivity index (χ1) is 18.6. The SMILES string of the molecule is CCOc1cc([C@H]2C(C#N)=C(N)N(CCOC)C3=C2C(=O)CC(C)(C)C3)cc(I)c1OCc1ccc(Cl)cc1. The van der Waals surface area contributed by atoms with Crippen molar-refractivity contribution in [1.29, 1.82) is 5.26 Å². The van der Waals surface area contributed by atoms with Gasteiger partial charge in [-0.15, -0.1) is 0 Å². The summed E-state index contributed by atoms with van der Waals surface area (Å²) in [6, 6.07) is 13.6. The van der Waals surface area contributed by atoms with Gasteiger partial charge >= 0.3 is 0 Å². The Kier molecular flexibility index (Phi) is 9.14. The van der Waals surface area contributed by atoms with Gasteiger partial charge in [-0.2, -0.15) is 5.26 Å². The van der Waals surface area contributed by atoms with Crippen LogP contribution in [0.5, 0.6) is 11.5 Å². The van der Waals surface area contributed by atoms with Crippen LogP contribution in [0.3, 0.4) is 0 Å². The molecule has 1 aliphatic carbocycles. The van der Waals surface area contributed by atoms with Crippen molar-refractivity contribution in [3.63, 3.8) is 0 Å². The van der Waals surface area contributed by atoms with Gasteiger partial charge in [0.25, 0.3) is 0 Å². The molecule has 0 saturated heterocycles. The fourth-order valence-electron chi connectivity index (χ4n) is 5.24. The summed E-state index contributed by atoms with van der Waals surface area (Å²) in [6.07, 6.45) is 1.07. The number of Topliss-reactive ketones (excluding diaryl/α,β-unsaturated/α-hetero) is 1. The number of nitrogens with two attached hydrogens (primary N) is 1. The highest BCUT2D eigenvalue weighted by Crippen LogP contribution is 2.50. The van der Waals surface area contributed by atoms with Gasteiger partial charge in [-0.3, -0.25) is 4.79 Å². The summed E-state index contributed by atoms with van der Waals surface area (Å²) in [6.45, 7) is 7.72. The number of carbonyl (C=O) groups excluding carboxylic acids is 1. The molecular formula is C30H33ClIN3O4. The van der Waals surface area contributed by atoms with Crippen molar-refractivity contribution in [2.45, 2.75) is 46.1 Å². The number of nitriles is 1. The summed E-state index contributed by atoms with van der Waals surface area (Å²) in [5.74, 6) is 0.960. The van der Waals surface area contributed by atoms with E-state index in [1.165, 1.54) is 0 Å². The molecule has 2 aliphatic rings. The number of rotatable bonds is 9. The number of carbonyl (C=O) groups is 1. The Morgan fingerprint density at radius 1 is 1.21 bits per heavy atom. The average molecular weight is 662 g/mol. The highest BCUT2D eigenvalue weighted by molar-refractivity contribution is 14.1. The van der Waals surface area contributed by atoms with Crippen molar-refractivity contribution >= 4 is 40.0 Å². The number of nitrogens with zero attached hydrogens (tertiary/aromatic N) is 2. The van der Waals surface area contributed by atoms with Crippen LogP contribution in [0.4, 0.5) is 0 Å². The topological polar surface area (TPSA) is 97.8 Å². The van der Waals surface area contributed by atoms with E-state index < -0.39 is 5.92 Å². The van der Waals surface area contributed by atoms with E-state index in [1.807, 2.05) is 48.2 Å². The van der Waals surface area contributed by atoms with Crippen molar-refractivity contribution in [3.05, 3.63) is 78.8 Å². The second-order valence-corrected chi connectivity index (χ2v) is 12.1. The summed E-state index contributed by atoms with van der Waals surface area (Å²) >= 11 is 8.24. The zero-order valence-corrected chi connectivity index (χ0v) is 25.6. The lowest BCUT2D eigenvalue weighted by atomic mass is 9.68. The first-order valence-electron chi connectivity index (χ1n) is 12.9. The number of halogens is 2. The van der Waals surface area contributed by atoms with Gasteiger partial charge in [0.05, 0.1) is 34.3 Å². The van der Waals surface area contributed by atoms with Crippen molar-refractivity contribution in [3.8, 4) is 17.6 Å². The van der Waals surface area contributed by atoms with E-state index in [0.29, 0.717) is 72.7 Å². The Balaban J connectivity index is 1.81. The Hall–Kier alpha value is -2.74. The van der Waals surface area contributed by atoms with E-state index in [2.05, 4.69) is 42.5 Å². The van der Waals surface area contributed by atoms with E-state index >= 15 is 0 Å². The molecular weight excluding hydrogens is 629 g/mol. The predicted octanol–water partition coefficient (Wildman–Crippen LogP) is 6.30. The Bertz CT molecular complexity index is 1360. The molecule has 7 nitrogen and oxygen atoms in total. The quantitative estimate of drug-likeness (QED) is 0.315. The minimum absolute atomic E-state index is 0.0324. The highest BCUT2D eigenvalue weighted by Gasteiger charge is 2.44. The molecule has 0 aromatic heterocycles. The summed E-state index contributed by atoms with van der Waals surface area (Å²) in [5.41, 5.74) is 10.0. The largest absolute Gasteiger partial charge is 0.490 e. The predicted molar refractivity (Wildman–Crippen MR) is 159 cm³/mol. The van der Waals surface area contributed by atoms with Crippen LogP contribution in [0, 0.1) is 20.3 Å². The van der Waals surface area contributed by atoms with Crippen LogP contribution in [0.25, 0.3) is 0 Å². The number of ether oxygens (including phenoxy) is 3. The number of hydrogen-bond donors (Lipinski definition) is 1. The number of benzene rings is 2. The lowest BCUT2D eigenvalue weighted by Crippen LogP contribution is -2.43. The Morgan fingerprint density at radius 3 is 2.56 bits per heavy atom. The molecule has 2 aromatic carbocycles. The second kappa shape index (κ2) is 12.2. The number of allylic oxidation sites excluding steroid dienone is 3. The Labute approximate surface area is 248 Å². The third-order valence-corrected chi connectivity index (χ3v) is 8.02. The van der Waals surface area contributed by atoms with E-state index in [0.717, 1.165) is 20.4 Å². The van der Waals surface area contributed by atoms with Crippen molar-refractivity contribution in [2.75, 3.05) is 26.9 Å². The van der Waals surface area contributed by atoms with Gasteiger partial charge in [0.2, 0.25) is 0 Å². The van der Waals surface area contributed by atoms with Crippen LogP contribution >= 0.6 is 34.2 Å². The molecule has 2 aromatic rings. The summed E-state index contributed by atoms with van der Waals surface area (Å²) in [4.78, 5) is 15.6. The van der Waals surface area contributed by atoms with Gasteiger partial charge in [0, 0.05) is 36.4 Å². The first-order valence-corrected chi connectivity index (χ1v) is 14.3. The second-order valence-electron chi connectivity index (χ2n) is 10.5. The molecule has 1 heterocycles. The molecule has 0 saturated carbocycles. The molecule has 4 rings (SSSR count). The molecule has 9 heteroatoms. The minimum atomic E-state index is -0.592. The fourth-order valence-corrected chi connectivity index (χ4v) is 6.15. The zero-order valence-electron chi connectivity index (χ0n) is 22.6. The lowest BCUT2D eigenvalue weighted by Gasteiger charge is -2.43. The summed E-state index contributed by atoms with van der Waals surface area (Å²) in [7, 11) is 1.62. The Morgan fingerprint density at radius 2 is 1.92 bits per heavy atom. The summed E-state index contributed by atoms with van der Waals surface area (Å²) < 4.78 is 18.3. The van der Waals surface area contributed by atoms with Gasteiger partial charge in [-0.05, 0) is 76.7 Å². The van der Waals surface area contributed by atoms with Crippen molar-refractivity contribution < 1.29 is 19.0 Å². The normalized spacial score (nSPS) is 18.6. The van der Waals surface area contributed by atoms with Crippen LogP contribution in [-0.4, -0.2) is 37.6 Å². The van der Waals surface area contributed by atoms with Crippen LogP contribution < -0.4 is 15.2 Å².